The molecule has 0 saturated heterocycles. The van der Waals surface area contributed by atoms with Gasteiger partial charge in [0.2, 0.25) is 0 Å². The van der Waals surface area contributed by atoms with Crippen molar-refractivity contribution in [2.75, 3.05) is 0 Å². The van der Waals surface area contributed by atoms with E-state index >= 15 is 0 Å². The average Bonchev–Trinajstić information content (AvgIpc) is 3.13. The maximum atomic E-state index is 5.81. The van der Waals surface area contributed by atoms with Crippen molar-refractivity contribution in [2.24, 2.45) is 0 Å². The van der Waals surface area contributed by atoms with Crippen molar-refractivity contribution in [2.45, 2.75) is 39.0 Å². The molecule has 0 unspecified atom stereocenters. The Morgan fingerprint density at radius 1 is 1.21 bits per heavy atom. The first-order valence-corrected chi connectivity index (χ1v) is 7.62. The normalized spacial score (nSPS) is 14.6. The number of benzene rings is 1. The van der Waals surface area contributed by atoms with Crippen LogP contribution in [0.3, 0.4) is 0 Å². The highest BCUT2D eigenvalue weighted by atomic mass is 32.1. The molecular formula is C16H19NOS. The van der Waals surface area contributed by atoms with E-state index in [1.165, 1.54) is 28.2 Å². The molecule has 0 aliphatic heterocycles. The minimum atomic E-state index is 0.664. The fraction of sp³-hybridized carbons (Fsp3) is 0.375. The summed E-state index contributed by atoms with van der Waals surface area (Å²) in [6, 6.07) is 13.3. The second-order valence-corrected chi connectivity index (χ2v) is 6.38. The van der Waals surface area contributed by atoms with Crippen LogP contribution in [-0.4, -0.2) is 6.04 Å². The first-order chi connectivity index (χ1) is 9.29. The Kier molecular flexibility index (Phi) is 3.85. The predicted molar refractivity (Wildman–Crippen MR) is 79.7 cm³/mol. The summed E-state index contributed by atoms with van der Waals surface area (Å²) in [5.41, 5.74) is 1.23. The average molecular weight is 273 g/mol. The number of hydrogen-bond donors (Lipinski definition) is 1. The molecule has 1 aromatic carbocycles. The molecule has 0 radical (unpaired) electrons. The Hall–Kier alpha value is -1.32. The third-order valence-corrected chi connectivity index (χ3v) is 4.29. The molecule has 1 aromatic heterocycles. The Labute approximate surface area is 118 Å². The number of hydrogen-bond acceptors (Lipinski definition) is 3. The highest BCUT2D eigenvalue weighted by Crippen LogP contribution is 2.23. The Morgan fingerprint density at radius 3 is 2.84 bits per heavy atom. The first kappa shape index (κ1) is 12.7. The summed E-state index contributed by atoms with van der Waals surface area (Å²) in [6.45, 7) is 3.75. The quantitative estimate of drug-likeness (QED) is 0.862. The highest BCUT2D eigenvalue weighted by Gasteiger charge is 2.20. The van der Waals surface area contributed by atoms with Crippen molar-refractivity contribution in [3.05, 3.63) is 51.7 Å². The van der Waals surface area contributed by atoms with E-state index in [4.69, 9.17) is 4.74 Å². The molecule has 0 bridgehead atoms. The van der Waals surface area contributed by atoms with E-state index in [1.54, 1.807) is 0 Å². The Morgan fingerprint density at radius 2 is 2.05 bits per heavy atom. The maximum Gasteiger partial charge on any atom is 0.122 e. The van der Waals surface area contributed by atoms with Crippen LogP contribution in [0.5, 0.6) is 5.75 Å². The zero-order valence-corrected chi connectivity index (χ0v) is 12.0. The Bertz CT molecular complexity index is 545. The van der Waals surface area contributed by atoms with Gasteiger partial charge in [0, 0.05) is 22.3 Å². The maximum absolute atomic E-state index is 5.81. The molecule has 19 heavy (non-hydrogen) atoms. The SMILES string of the molecule is Cc1cccc(OCc2ccc(CNC3CC3)s2)c1. The molecule has 0 amide bonds. The number of aryl methyl sites for hydroxylation is 1. The van der Waals surface area contributed by atoms with Crippen molar-refractivity contribution < 1.29 is 4.74 Å². The van der Waals surface area contributed by atoms with Crippen molar-refractivity contribution >= 4 is 11.3 Å². The fourth-order valence-electron chi connectivity index (χ4n) is 1.99. The first-order valence-electron chi connectivity index (χ1n) is 6.80. The van der Waals surface area contributed by atoms with Gasteiger partial charge < -0.3 is 10.1 Å². The van der Waals surface area contributed by atoms with Crippen LogP contribution in [0.2, 0.25) is 0 Å². The smallest absolute Gasteiger partial charge is 0.122 e. The number of rotatable bonds is 6. The van der Waals surface area contributed by atoms with E-state index in [9.17, 15) is 0 Å². The molecule has 3 rings (SSSR count). The summed E-state index contributed by atoms with van der Waals surface area (Å²) < 4.78 is 5.81. The van der Waals surface area contributed by atoms with Gasteiger partial charge in [-0.15, -0.1) is 11.3 Å². The molecule has 2 aromatic rings. The van der Waals surface area contributed by atoms with Gasteiger partial charge in [-0.05, 0) is 49.6 Å². The molecule has 100 valence electrons. The summed E-state index contributed by atoms with van der Waals surface area (Å²) in [5.74, 6) is 0.950. The largest absolute Gasteiger partial charge is 0.488 e. The second-order valence-electron chi connectivity index (χ2n) is 5.13. The lowest BCUT2D eigenvalue weighted by Crippen LogP contribution is -2.14. The van der Waals surface area contributed by atoms with Crippen LogP contribution in [0.4, 0.5) is 0 Å². The third-order valence-electron chi connectivity index (χ3n) is 3.23. The van der Waals surface area contributed by atoms with Crippen molar-refractivity contribution in [3.8, 4) is 5.75 Å². The van der Waals surface area contributed by atoms with Crippen LogP contribution in [-0.2, 0) is 13.2 Å². The summed E-state index contributed by atoms with van der Waals surface area (Å²) >= 11 is 1.84. The van der Waals surface area contributed by atoms with Gasteiger partial charge in [0.1, 0.15) is 12.4 Å². The molecule has 1 N–H and O–H groups in total. The topological polar surface area (TPSA) is 21.3 Å². The number of nitrogens with one attached hydrogen (secondary N) is 1. The van der Waals surface area contributed by atoms with E-state index in [0.717, 1.165) is 18.3 Å². The zero-order chi connectivity index (χ0) is 13.1. The lowest BCUT2D eigenvalue weighted by molar-refractivity contribution is 0.309. The van der Waals surface area contributed by atoms with Crippen LogP contribution in [0.1, 0.15) is 28.2 Å². The monoisotopic (exact) mass is 273 g/mol. The summed E-state index contributed by atoms with van der Waals surface area (Å²) in [6.07, 6.45) is 2.68. The lowest BCUT2D eigenvalue weighted by atomic mass is 10.2. The van der Waals surface area contributed by atoms with Gasteiger partial charge in [-0.3, -0.25) is 0 Å². The number of thiophene rings is 1. The molecule has 3 heteroatoms. The second kappa shape index (κ2) is 5.76. The molecule has 1 aliphatic rings. The zero-order valence-electron chi connectivity index (χ0n) is 11.2. The van der Waals surface area contributed by atoms with E-state index in [-0.39, 0.29) is 0 Å². The van der Waals surface area contributed by atoms with Gasteiger partial charge in [0.15, 0.2) is 0 Å². The van der Waals surface area contributed by atoms with Gasteiger partial charge in [-0.2, -0.15) is 0 Å². The van der Waals surface area contributed by atoms with Crippen LogP contribution in [0.15, 0.2) is 36.4 Å². The van der Waals surface area contributed by atoms with Gasteiger partial charge in [0.05, 0.1) is 0 Å². The van der Waals surface area contributed by atoms with E-state index < -0.39 is 0 Å². The molecule has 0 spiro atoms. The van der Waals surface area contributed by atoms with Crippen LogP contribution in [0.25, 0.3) is 0 Å². The van der Waals surface area contributed by atoms with Crippen LogP contribution >= 0.6 is 11.3 Å². The van der Waals surface area contributed by atoms with Crippen LogP contribution < -0.4 is 10.1 Å². The molecule has 2 nitrogen and oxygen atoms in total. The van der Waals surface area contributed by atoms with E-state index in [0.29, 0.717) is 6.61 Å². The van der Waals surface area contributed by atoms with Gasteiger partial charge >= 0.3 is 0 Å². The van der Waals surface area contributed by atoms with E-state index in [2.05, 4.69) is 36.5 Å². The minimum Gasteiger partial charge on any atom is -0.488 e. The van der Waals surface area contributed by atoms with Crippen molar-refractivity contribution in [1.82, 2.24) is 5.32 Å². The van der Waals surface area contributed by atoms with Gasteiger partial charge in [0.25, 0.3) is 0 Å². The standard InChI is InChI=1S/C16H19NOS/c1-12-3-2-4-14(9-12)18-11-16-8-7-15(19-16)10-17-13-5-6-13/h2-4,7-9,13,17H,5-6,10-11H2,1H3. The van der Waals surface area contributed by atoms with E-state index in [1.807, 2.05) is 23.5 Å². The lowest BCUT2D eigenvalue weighted by Gasteiger charge is -2.05. The summed E-state index contributed by atoms with van der Waals surface area (Å²) in [7, 11) is 0. The predicted octanol–water partition coefficient (Wildman–Crippen LogP) is 3.89. The Balaban J connectivity index is 1.51. The molecular weight excluding hydrogens is 254 g/mol. The number of ether oxygens (including phenoxy) is 1. The van der Waals surface area contributed by atoms with Gasteiger partial charge in [-0.1, -0.05) is 12.1 Å². The minimum absolute atomic E-state index is 0.664. The third kappa shape index (κ3) is 3.82. The summed E-state index contributed by atoms with van der Waals surface area (Å²) in [5, 5.41) is 3.54. The van der Waals surface area contributed by atoms with Gasteiger partial charge in [-0.25, -0.2) is 0 Å². The molecule has 1 saturated carbocycles. The molecule has 1 aliphatic carbocycles. The van der Waals surface area contributed by atoms with Crippen molar-refractivity contribution in [1.29, 1.82) is 0 Å². The molecule has 1 heterocycles. The van der Waals surface area contributed by atoms with Crippen LogP contribution in [0, 0.1) is 6.92 Å². The van der Waals surface area contributed by atoms with Crippen molar-refractivity contribution in [3.63, 3.8) is 0 Å². The molecule has 1 fully saturated rings. The highest BCUT2D eigenvalue weighted by molar-refractivity contribution is 7.11. The summed E-state index contributed by atoms with van der Waals surface area (Å²) in [4.78, 5) is 2.68. The molecule has 0 atom stereocenters. The fourth-order valence-corrected chi connectivity index (χ4v) is 2.87.